The lowest BCUT2D eigenvalue weighted by Gasteiger charge is -2.07. The van der Waals surface area contributed by atoms with Gasteiger partial charge in [0.05, 0.1) is 0 Å². The van der Waals surface area contributed by atoms with E-state index in [1.807, 2.05) is 13.8 Å². The summed E-state index contributed by atoms with van der Waals surface area (Å²) in [7, 11) is 1.66. The van der Waals surface area contributed by atoms with Crippen molar-refractivity contribution in [2.45, 2.75) is 19.8 Å². The molecule has 66 valence electrons. The summed E-state index contributed by atoms with van der Waals surface area (Å²) in [6, 6.07) is 0. The summed E-state index contributed by atoms with van der Waals surface area (Å²) in [6.45, 7) is 3.81. The maximum atomic E-state index is 10.8. The zero-order valence-electron chi connectivity index (χ0n) is 7.29. The van der Waals surface area contributed by atoms with Crippen LogP contribution in [0.1, 0.15) is 25.6 Å². The van der Waals surface area contributed by atoms with Gasteiger partial charge in [0.25, 0.3) is 0 Å². The smallest absolute Gasteiger partial charge is 0.274 e. The van der Waals surface area contributed by atoms with Crippen LogP contribution in [-0.2, 0) is 7.05 Å². The molecule has 1 N–H and O–H groups in total. The fourth-order valence-electron chi connectivity index (χ4n) is 1.00. The Balaban J connectivity index is 3.43. The summed E-state index contributed by atoms with van der Waals surface area (Å²) < 4.78 is 1.47. The fraction of sp³-hybridized carbons (Fsp3) is 0.571. The van der Waals surface area contributed by atoms with Crippen LogP contribution in [0.25, 0.3) is 0 Å². The summed E-state index contributed by atoms with van der Waals surface area (Å²) in [6.07, 6.45) is 0. The van der Waals surface area contributed by atoms with E-state index in [9.17, 15) is 9.59 Å². The number of rotatable bonds is 1. The number of hydrogen-bond acceptors (Lipinski definition) is 3. The van der Waals surface area contributed by atoms with E-state index >= 15 is 0 Å². The molecule has 1 rings (SSSR count). The Morgan fingerprint density at radius 2 is 2.00 bits per heavy atom. The highest BCUT2D eigenvalue weighted by Crippen LogP contribution is 2.05. The molecule has 0 aromatic carbocycles. The second kappa shape index (κ2) is 2.92. The van der Waals surface area contributed by atoms with Crippen molar-refractivity contribution in [3.63, 3.8) is 0 Å². The minimum Gasteiger partial charge on any atom is -0.274 e. The molecule has 0 aliphatic heterocycles. The van der Waals surface area contributed by atoms with Crippen LogP contribution in [-0.4, -0.2) is 14.8 Å². The number of aromatic nitrogens is 3. The Labute approximate surface area is 69.1 Å². The number of nitrogens with zero attached hydrogens (tertiary/aromatic N) is 2. The first-order valence-electron chi connectivity index (χ1n) is 3.69. The molecule has 0 unspecified atom stereocenters. The predicted molar refractivity (Wildman–Crippen MR) is 44.2 cm³/mol. The number of aryl methyl sites for hydroxylation is 1. The molecule has 0 amide bonds. The molecule has 5 heteroatoms. The first kappa shape index (κ1) is 8.70. The summed E-state index contributed by atoms with van der Waals surface area (Å²) >= 11 is 0. The third kappa shape index (κ3) is 1.44. The van der Waals surface area contributed by atoms with E-state index in [-0.39, 0.29) is 5.92 Å². The summed E-state index contributed by atoms with van der Waals surface area (Å²) in [4.78, 5) is 25.2. The lowest BCUT2D eigenvalue weighted by Crippen LogP contribution is -2.35. The monoisotopic (exact) mass is 169 g/mol. The normalized spacial score (nSPS) is 10.7. The molecule has 12 heavy (non-hydrogen) atoms. The largest absolute Gasteiger partial charge is 0.338 e. The van der Waals surface area contributed by atoms with E-state index < -0.39 is 11.1 Å². The minimum absolute atomic E-state index is 0.125. The van der Waals surface area contributed by atoms with Crippen LogP contribution in [0.5, 0.6) is 0 Å². The number of aromatic amines is 1. The Bertz CT molecular complexity index is 388. The van der Waals surface area contributed by atoms with Crippen LogP contribution < -0.4 is 11.1 Å². The minimum atomic E-state index is -0.725. The van der Waals surface area contributed by atoms with Crippen molar-refractivity contribution in [2.75, 3.05) is 0 Å². The van der Waals surface area contributed by atoms with Gasteiger partial charge in [0.1, 0.15) is 5.82 Å². The molecular weight excluding hydrogens is 158 g/mol. The molecule has 5 nitrogen and oxygen atoms in total. The molecule has 1 aromatic rings. The molecule has 0 aliphatic rings. The summed E-state index contributed by atoms with van der Waals surface area (Å²) in [5.41, 5.74) is -1.40. The van der Waals surface area contributed by atoms with Crippen LogP contribution in [0, 0.1) is 0 Å². The molecule has 0 spiro atoms. The lowest BCUT2D eigenvalue weighted by molar-refractivity contribution is 0.588. The first-order valence-corrected chi connectivity index (χ1v) is 3.69. The van der Waals surface area contributed by atoms with Gasteiger partial charge >= 0.3 is 11.1 Å². The Morgan fingerprint density at radius 3 is 2.50 bits per heavy atom. The van der Waals surface area contributed by atoms with Crippen molar-refractivity contribution in [1.82, 2.24) is 14.8 Å². The van der Waals surface area contributed by atoms with Crippen LogP contribution in [0.3, 0.4) is 0 Å². The van der Waals surface area contributed by atoms with E-state index in [0.717, 1.165) is 0 Å². The predicted octanol–water partition coefficient (Wildman–Crippen LogP) is -0.408. The van der Waals surface area contributed by atoms with Crippen LogP contribution in [0.4, 0.5) is 0 Å². The van der Waals surface area contributed by atoms with Crippen molar-refractivity contribution in [3.05, 3.63) is 26.5 Å². The average Bonchev–Trinajstić information content (AvgIpc) is 1.96. The van der Waals surface area contributed by atoms with E-state index in [0.29, 0.717) is 5.82 Å². The summed E-state index contributed by atoms with van der Waals surface area (Å²) in [5, 5.41) is 2.37. The standard InChI is InChI=1S/C7H11N3O2/c1-4(2)5-8-6(11)7(12)9-10(5)3/h4H,1-3H3,(H,9,12). The van der Waals surface area contributed by atoms with Gasteiger partial charge in [-0.3, -0.25) is 19.4 Å². The summed E-state index contributed by atoms with van der Waals surface area (Å²) in [5.74, 6) is 0.708. The molecule has 0 fully saturated rings. The molecule has 1 aromatic heterocycles. The number of H-pyrrole nitrogens is 1. The SMILES string of the molecule is CC(C)c1nc(=O)c(=O)[nH]n1C. The number of hydrogen-bond donors (Lipinski definition) is 1. The maximum Gasteiger partial charge on any atom is 0.338 e. The molecular formula is C7H11N3O2. The van der Waals surface area contributed by atoms with Crippen molar-refractivity contribution >= 4 is 0 Å². The van der Waals surface area contributed by atoms with Crippen LogP contribution >= 0.6 is 0 Å². The zero-order chi connectivity index (χ0) is 9.30. The second-order valence-electron chi connectivity index (χ2n) is 2.93. The second-order valence-corrected chi connectivity index (χ2v) is 2.93. The molecule has 0 radical (unpaired) electrons. The van der Waals surface area contributed by atoms with Gasteiger partial charge in [-0.1, -0.05) is 13.8 Å². The third-order valence-corrected chi connectivity index (χ3v) is 1.54. The van der Waals surface area contributed by atoms with E-state index in [2.05, 4.69) is 10.1 Å². The molecule has 0 aliphatic carbocycles. The van der Waals surface area contributed by atoms with Gasteiger partial charge in [0, 0.05) is 13.0 Å². The van der Waals surface area contributed by atoms with Crippen molar-refractivity contribution in [1.29, 1.82) is 0 Å². The van der Waals surface area contributed by atoms with Gasteiger partial charge < -0.3 is 0 Å². The van der Waals surface area contributed by atoms with Crippen molar-refractivity contribution in [2.24, 2.45) is 7.05 Å². The highest BCUT2D eigenvalue weighted by molar-refractivity contribution is 4.91. The average molecular weight is 169 g/mol. The van der Waals surface area contributed by atoms with E-state index in [1.165, 1.54) is 4.68 Å². The van der Waals surface area contributed by atoms with Crippen molar-refractivity contribution < 1.29 is 0 Å². The van der Waals surface area contributed by atoms with Gasteiger partial charge in [-0.25, -0.2) is 0 Å². The van der Waals surface area contributed by atoms with Gasteiger partial charge in [-0.15, -0.1) is 0 Å². The topological polar surface area (TPSA) is 67.8 Å². The maximum absolute atomic E-state index is 10.8. The van der Waals surface area contributed by atoms with E-state index in [4.69, 9.17) is 0 Å². The fourth-order valence-corrected chi connectivity index (χ4v) is 1.00. The highest BCUT2D eigenvalue weighted by atomic mass is 16.2. The number of nitrogens with one attached hydrogen (secondary N) is 1. The third-order valence-electron chi connectivity index (χ3n) is 1.54. The van der Waals surface area contributed by atoms with Gasteiger partial charge in [-0.05, 0) is 0 Å². The lowest BCUT2D eigenvalue weighted by atomic mass is 10.2. The molecule has 0 saturated heterocycles. The Kier molecular flexibility index (Phi) is 2.12. The highest BCUT2D eigenvalue weighted by Gasteiger charge is 2.06. The van der Waals surface area contributed by atoms with E-state index in [1.54, 1.807) is 7.05 Å². The molecule has 1 heterocycles. The van der Waals surface area contributed by atoms with Gasteiger partial charge in [0.2, 0.25) is 0 Å². The van der Waals surface area contributed by atoms with Crippen LogP contribution in [0.2, 0.25) is 0 Å². The van der Waals surface area contributed by atoms with Crippen LogP contribution in [0.15, 0.2) is 9.59 Å². The van der Waals surface area contributed by atoms with Gasteiger partial charge in [0.15, 0.2) is 0 Å². The molecule has 0 bridgehead atoms. The first-order chi connectivity index (χ1) is 5.52. The molecule has 0 atom stereocenters. The van der Waals surface area contributed by atoms with Crippen molar-refractivity contribution in [3.8, 4) is 0 Å². The Morgan fingerprint density at radius 1 is 1.42 bits per heavy atom. The quantitative estimate of drug-likeness (QED) is 0.581. The Hall–Kier alpha value is -1.39. The van der Waals surface area contributed by atoms with Gasteiger partial charge in [-0.2, -0.15) is 4.98 Å². The zero-order valence-corrected chi connectivity index (χ0v) is 7.29. The molecule has 0 saturated carbocycles.